The van der Waals surface area contributed by atoms with Gasteiger partial charge >= 0.3 is 0 Å². The van der Waals surface area contributed by atoms with Crippen molar-refractivity contribution in [2.45, 2.75) is 4.90 Å². The smallest absolute Gasteiger partial charge is 0.282 e. The maximum atomic E-state index is 13.1. The van der Waals surface area contributed by atoms with E-state index in [-0.39, 0.29) is 21.8 Å². The van der Waals surface area contributed by atoms with E-state index in [1.807, 2.05) is 24.3 Å². The van der Waals surface area contributed by atoms with Crippen LogP contribution in [0.3, 0.4) is 0 Å². The Morgan fingerprint density at radius 2 is 1.87 bits per heavy atom. The van der Waals surface area contributed by atoms with Crippen LogP contribution in [0.4, 0.5) is 5.82 Å². The number of halogens is 1. The number of hydrogen-bond acceptors (Lipinski definition) is 7. The zero-order valence-electron chi connectivity index (χ0n) is 15.0. The minimum atomic E-state index is -4.18. The van der Waals surface area contributed by atoms with Gasteiger partial charge < -0.3 is 5.73 Å². The number of nitrogens with zero attached hydrogens (tertiary/aromatic N) is 3. The lowest BCUT2D eigenvalue weighted by Gasteiger charge is -2.15. The summed E-state index contributed by atoms with van der Waals surface area (Å²) >= 11 is 7.05. The minimum absolute atomic E-state index is 0.0563. The monoisotopic (exact) mass is 457 g/mol. The Balaban J connectivity index is 1.88. The van der Waals surface area contributed by atoms with Gasteiger partial charge in [0.1, 0.15) is 16.9 Å². The maximum absolute atomic E-state index is 13.1. The Hall–Kier alpha value is -3.39. The first-order valence-electron chi connectivity index (χ1n) is 8.40. The number of nitriles is 1. The first-order valence-corrected chi connectivity index (χ1v) is 11.1. The average Bonchev–Trinajstić information content (AvgIpc) is 3.15. The highest BCUT2D eigenvalue weighted by atomic mass is 35.5. The van der Waals surface area contributed by atoms with E-state index in [1.54, 1.807) is 6.07 Å². The molecule has 0 atom stereocenters. The fraction of sp³-hybridized carbons (Fsp3) is 0. The van der Waals surface area contributed by atoms with E-state index in [2.05, 4.69) is 9.82 Å². The molecule has 4 rings (SSSR count). The normalized spacial score (nSPS) is 11.3. The van der Waals surface area contributed by atoms with E-state index in [1.165, 1.54) is 41.7 Å². The van der Waals surface area contributed by atoms with Crippen molar-refractivity contribution in [2.24, 2.45) is 0 Å². The maximum Gasteiger partial charge on any atom is 0.282 e. The molecule has 0 unspecified atom stereocenters. The van der Waals surface area contributed by atoms with Crippen molar-refractivity contribution in [1.82, 2.24) is 9.66 Å². The summed E-state index contributed by atoms with van der Waals surface area (Å²) in [5.74, 6) is -0.329. The van der Waals surface area contributed by atoms with Gasteiger partial charge in [-0.25, -0.2) is 9.82 Å². The van der Waals surface area contributed by atoms with Crippen molar-refractivity contribution in [3.05, 3.63) is 75.5 Å². The molecule has 0 bridgehead atoms. The lowest BCUT2D eigenvalue weighted by molar-refractivity contribution is 0.595. The molecule has 0 amide bonds. The van der Waals surface area contributed by atoms with Crippen molar-refractivity contribution in [2.75, 3.05) is 10.6 Å². The van der Waals surface area contributed by atoms with Crippen molar-refractivity contribution >= 4 is 49.0 Å². The molecule has 0 aliphatic heterocycles. The summed E-state index contributed by atoms with van der Waals surface area (Å²) in [7, 11) is -4.18. The minimum Gasteiger partial charge on any atom is -0.382 e. The number of para-hydroxylation sites is 1. The van der Waals surface area contributed by atoms with Gasteiger partial charge in [-0.1, -0.05) is 23.7 Å². The topological polar surface area (TPSA) is 131 Å². The third-order valence-corrected chi connectivity index (χ3v) is 6.86. The van der Waals surface area contributed by atoms with Crippen LogP contribution in [0.1, 0.15) is 5.56 Å². The van der Waals surface area contributed by atoms with Gasteiger partial charge in [-0.15, -0.1) is 11.3 Å². The van der Waals surface area contributed by atoms with E-state index in [0.717, 1.165) is 4.70 Å². The van der Waals surface area contributed by atoms with Crippen molar-refractivity contribution in [1.29, 1.82) is 5.26 Å². The number of sulfonamides is 1. The Bertz CT molecular complexity index is 1450. The number of aromatic nitrogens is 2. The van der Waals surface area contributed by atoms with Gasteiger partial charge in [0.15, 0.2) is 0 Å². The summed E-state index contributed by atoms with van der Waals surface area (Å²) in [5.41, 5.74) is 5.82. The predicted molar refractivity (Wildman–Crippen MR) is 116 cm³/mol. The zero-order valence-corrected chi connectivity index (χ0v) is 17.4. The quantitative estimate of drug-likeness (QED) is 0.484. The van der Waals surface area contributed by atoms with Gasteiger partial charge in [-0.3, -0.25) is 4.79 Å². The molecule has 11 heteroatoms. The molecule has 0 spiro atoms. The molecule has 2 aromatic carbocycles. The molecular weight excluding hydrogens is 446 g/mol. The van der Waals surface area contributed by atoms with Crippen molar-refractivity contribution < 1.29 is 8.42 Å². The second-order valence-corrected chi connectivity index (χ2v) is 9.27. The Kier molecular flexibility index (Phi) is 4.95. The molecule has 0 saturated carbocycles. The van der Waals surface area contributed by atoms with Crippen molar-refractivity contribution in [3.8, 4) is 16.6 Å². The molecule has 0 fully saturated rings. The molecule has 150 valence electrons. The van der Waals surface area contributed by atoms with Gasteiger partial charge in [0.05, 0.1) is 26.2 Å². The third-order valence-electron chi connectivity index (χ3n) is 4.22. The average molecular weight is 458 g/mol. The van der Waals surface area contributed by atoms with Crippen molar-refractivity contribution in [3.63, 3.8) is 0 Å². The molecule has 2 aromatic heterocycles. The summed E-state index contributed by atoms with van der Waals surface area (Å²) in [6.07, 6.45) is 0. The summed E-state index contributed by atoms with van der Waals surface area (Å²) in [5, 5.41) is 10.1. The Labute approximate surface area is 179 Å². The summed E-state index contributed by atoms with van der Waals surface area (Å²) in [4.78, 5) is 19.5. The Morgan fingerprint density at radius 3 is 2.53 bits per heavy atom. The fourth-order valence-electron chi connectivity index (χ4n) is 2.74. The summed E-state index contributed by atoms with van der Waals surface area (Å²) < 4.78 is 27.0. The standard InChI is InChI=1S/C19H12ClN5O3S2/c20-12-5-7-13(8-6-12)30(27,28)24-25-17(22)11(10-21)9-14(19(25)26)18-23-15-3-1-2-4-16(15)29-18/h1-9,24H,22H2. The molecule has 2 heterocycles. The third kappa shape index (κ3) is 3.50. The zero-order chi connectivity index (χ0) is 21.5. The van der Waals surface area contributed by atoms with Crippen LogP contribution in [0.5, 0.6) is 0 Å². The van der Waals surface area contributed by atoms with Gasteiger partial charge in [0, 0.05) is 5.02 Å². The fourth-order valence-corrected chi connectivity index (χ4v) is 4.86. The molecular formula is C19H12ClN5O3S2. The number of pyridine rings is 1. The highest BCUT2D eigenvalue weighted by Gasteiger charge is 2.21. The van der Waals surface area contributed by atoms with Crippen LogP contribution >= 0.6 is 22.9 Å². The lowest BCUT2D eigenvalue weighted by atomic mass is 10.2. The summed E-state index contributed by atoms with van der Waals surface area (Å²) in [6.45, 7) is 0. The number of nitrogen functional groups attached to an aromatic ring is 1. The molecule has 0 aliphatic rings. The van der Waals surface area contributed by atoms with Gasteiger partial charge in [0.25, 0.3) is 15.6 Å². The molecule has 0 radical (unpaired) electrons. The molecule has 0 saturated heterocycles. The second kappa shape index (κ2) is 7.46. The first-order chi connectivity index (χ1) is 14.3. The largest absolute Gasteiger partial charge is 0.382 e. The molecule has 3 N–H and O–H groups in total. The molecule has 0 aliphatic carbocycles. The van der Waals surface area contributed by atoms with E-state index >= 15 is 0 Å². The first kappa shape index (κ1) is 19.9. The molecule has 30 heavy (non-hydrogen) atoms. The van der Waals surface area contributed by atoms with Crippen LogP contribution in [0.25, 0.3) is 20.8 Å². The number of nitrogens with two attached hydrogens (primary N) is 1. The van der Waals surface area contributed by atoms with Crippen LogP contribution in [0.2, 0.25) is 5.02 Å². The number of anilines is 1. The van der Waals surface area contributed by atoms with Crippen LogP contribution in [0, 0.1) is 11.3 Å². The second-order valence-electron chi connectivity index (χ2n) is 6.14. The summed E-state index contributed by atoms with van der Waals surface area (Å²) in [6, 6.07) is 15.9. The highest BCUT2D eigenvalue weighted by molar-refractivity contribution is 7.92. The highest BCUT2D eigenvalue weighted by Crippen LogP contribution is 2.29. The van der Waals surface area contributed by atoms with Gasteiger partial charge in [-0.2, -0.15) is 18.4 Å². The van der Waals surface area contributed by atoms with E-state index in [0.29, 0.717) is 20.2 Å². The number of rotatable bonds is 4. The number of benzene rings is 2. The van der Waals surface area contributed by atoms with Gasteiger partial charge in [0.2, 0.25) is 0 Å². The van der Waals surface area contributed by atoms with Crippen LogP contribution in [-0.2, 0) is 10.0 Å². The number of thiazole rings is 1. The number of fused-ring (bicyclic) bond motifs is 1. The van der Waals surface area contributed by atoms with Crippen LogP contribution in [0.15, 0.2) is 64.3 Å². The van der Waals surface area contributed by atoms with E-state index in [4.69, 9.17) is 17.3 Å². The molecule has 4 aromatic rings. The molecule has 8 nitrogen and oxygen atoms in total. The van der Waals surface area contributed by atoms with E-state index < -0.39 is 15.6 Å². The SMILES string of the molecule is N#Cc1cc(-c2nc3ccccc3s2)c(=O)n(NS(=O)(=O)c2ccc(Cl)cc2)c1N. The van der Waals surface area contributed by atoms with E-state index in [9.17, 15) is 18.5 Å². The lowest BCUT2D eigenvalue weighted by Crippen LogP contribution is -2.36. The Morgan fingerprint density at radius 1 is 1.17 bits per heavy atom. The van der Waals surface area contributed by atoms with Crippen LogP contribution < -0.4 is 16.1 Å². The number of hydrogen-bond donors (Lipinski definition) is 2. The predicted octanol–water partition coefficient (Wildman–Crippen LogP) is 3.16. The van der Waals surface area contributed by atoms with Gasteiger partial charge in [-0.05, 0) is 42.5 Å². The van der Waals surface area contributed by atoms with Crippen LogP contribution in [-0.4, -0.2) is 18.1 Å². The number of nitrogens with one attached hydrogen (secondary N) is 1.